The minimum atomic E-state index is 0.198. The molecule has 1 fully saturated rings. The molecule has 1 aromatic carbocycles. The zero-order valence-corrected chi connectivity index (χ0v) is 14.3. The van der Waals surface area contributed by atoms with Gasteiger partial charge in [-0.1, -0.05) is 48.3 Å². The van der Waals surface area contributed by atoms with Gasteiger partial charge in [-0.2, -0.15) is 0 Å². The van der Waals surface area contributed by atoms with Crippen LogP contribution in [0.5, 0.6) is 0 Å². The van der Waals surface area contributed by atoms with Crippen LogP contribution in [-0.4, -0.2) is 24.0 Å². The highest BCUT2D eigenvalue weighted by molar-refractivity contribution is 9.10. The van der Waals surface area contributed by atoms with E-state index in [1.54, 1.807) is 0 Å². The lowest BCUT2D eigenvalue weighted by atomic mass is 9.84. The molecule has 0 saturated heterocycles. The molecule has 0 aromatic heterocycles. The molecule has 2 atom stereocenters. The fourth-order valence-corrected chi connectivity index (χ4v) is 3.51. The number of likely N-dealkylation sites (N-methyl/N-ethyl adjacent to an activating group) is 1. The second kappa shape index (κ2) is 7.58. The minimum absolute atomic E-state index is 0.198. The van der Waals surface area contributed by atoms with Crippen molar-refractivity contribution < 1.29 is 0 Å². The Bertz CT molecular complexity index is 417. The number of nitrogens with zero attached hydrogens (tertiary/aromatic N) is 1. The van der Waals surface area contributed by atoms with E-state index < -0.39 is 0 Å². The SMILES string of the molecule is CCC(N)C(c1cccc(Br)c1)N(CC)CC1CCC1. The summed E-state index contributed by atoms with van der Waals surface area (Å²) < 4.78 is 1.14. The van der Waals surface area contributed by atoms with Crippen LogP contribution in [0.1, 0.15) is 51.1 Å². The van der Waals surface area contributed by atoms with Crippen LogP contribution in [0, 0.1) is 5.92 Å². The van der Waals surface area contributed by atoms with Gasteiger partial charge in [0.15, 0.2) is 0 Å². The molecule has 1 aliphatic rings. The van der Waals surface area contributed by atoms with E-state index in [0.717, 1.165) is 23.4 Å². The highest BCUT2D eigenvalue weighted by Crippen LogP contribution is 2.32. The summed E-state index contributed by atoms with van der Waals surface area (Å²) in [6.45, 7) is 6.71. The molecule has 2 N–H and O–H groups in total. The molecular weight excluding hydrogens is 312 g/mol. The third kappa shape index (κ3) is 3.84. The second-order valence-electron chi connectivity index (χ2n) is 5.96. The van der Waals surface area contributed by atoms with Gasteiger partial charge in [0.1, 0.15) is 0 Å². The largest absolute Gasteiger partial charge is 0.326 e. The van der Waals surface area contributed by atoms with Gasteiger partial charge in [0.25, 0.3) is 0 Å². The maximum Gasteiger partial charge on any atom is 0.0499 e. The zero-order chi connectivity index (χ0) is 14.5. The van der Waals surface area contributed by atoms with Crippen LogP contribution in [0.4, 0.5) is 0 Å². The third-order valence-electron chi connectivity index (χ3n) is 4.58. The van der Waals surface area contributed by atoms with Crippen molar-refractivity contribution in [2.75, 3.05) is 13.1 Å². The summed E-state index contributed by atoms with van der Waals surface area (Å²) in [4.78, 5) is 2.58. The first-order chi connectivity index (χ1) is 9.65. The average Bonchev–Trinajstić information content (AvgIpc) is 2.40. The van der Waals surface area contributed by atoms with Crippen LogP contribution in [-0.2, 0) is 0 Å². The number of benzene rings is 1. The molecule has 20 heavy (non-hydrogen) atoms. The van der Waals surface area contributed by atoms with Crippen LogP contribution in [0.2, 0.25) is 0 Å². The Kier molecular flexibility index (Phi) is 6.06. The maximum absolute atomic E-state index is 6.45. The van der Waals surface area contributed by atoms with Crippen molar-refractivity contribution in [1.29, 1.82) is 0 Å². The second-order valence-corrected chi connectivity index (χ2v) is 6.87. The smallest absolute Gasteiger partial charge is 0.0499 e. The first kappa shape index (κ1) is 16.0. The lowest BCUT2D eigenvalue weighted by Gasteiger charge is -2.39. The van der Waals surface area contributed by atoms with Crippen LogP contribution < -0.4 is 5.73 Å². The van der Waals surface area contributed by atoms with Crippen LogP contribution in [0.3, 0.4) is 0 Å². The van der Waals surface area contributed by atoms with Crippen molar-refractivity contribution in [1.82, 2.24) is 4.90 Å². The molecule has 0 amide bonds. The van der Waals surface area contributed by atoms with E-state index in [9.17, 15) is 0 Å². The summed E-state index contributed by atoms with van der Waals surface area (Å²) in [5.74, 6) is 0.883. The number of hydrogen-bond donors (Lipinski definition) is 1. The Labute approximate surface area is 131 Å². The molecule has 0 bridgehead atoms. The molecule has 3 heteroatoms. The minimum Gasteiger partial charge on any atom is -0.326 e. The predicted molar refractivity (Wildman–Crippen MR) is 89.7 cm³/mol. The molecule has 0 heterocycles. The summed E-state index contributed by atoms with van der Waals surface area (Å²) in [6, 6.07) is 9.18. The first-order valence-corrected chi connectivity index (χ1v) is 8.70. The highest BCUT2D eigenvalue weighted by Gasteiger charge is 2.28. The van der Waals surface area contributed by atoms with E-state index in [2.05, 4.69) is 58.9 Å². The first-order valence-electron chi connectivity index (χ1n) is 7.90. The van der Waals surface area contributed by atoms with Gasteiger partial charge >= 0.3 is 0 Å². The number of rotatable bonds is 7. The van der Waals surface area contributed by atoms with Gasteiger partial charge in [-0.3, -0.25) is 4.90 Å². The molecule has 112 valence electrons. The molecule has 1 saturated carbocycles. The van der Waals surface area contributed by atoms with Crippen molar-refractivity contribution >= 4 is 15.9 Å². The molecule has 2 rings (SSSR count). The van der Waals surface area contributed by atoms with Gasteiger partial charge in [0.2, 0.25) is 0 Å². The summed E-state index contributed by atoms with van der Waals surface area (Å²) in [6.07, 6.45) is 5.20. The molecule has 2 unspecified atom stereocenters. The summed E-state index contributed by atoms with van der Waals surface area (Å²) in [7, 11) is 0. The van der Waals surface area contributed by atoms with Crippen molar-refractivity contribution in [3.05, 3.63) is 34.3 Å². The van der Waals surface area contributed by atoms with Crippen molar-refractivity contribution in [2.24, 2.45) is 11.7 Å². The zero-order valence-electron chi connectivity index (χ0n) is 12.7. The maximum atomic E-state index is 6.45. The van der Waals surface area contributed by atoms with Crippen molar-refractivity contribution in [3.8, 4) is 0 Å². The fraction of sp³-hybridized carbons (Fsp3) is 0.647. The van der Waals surface area contributed by atoms with Crippen LogP contribution in [0.15, 0.2) is 28.7 Å². The molecular formula is C17H27BrN2. The Balaban J connectivity index is 2.20. The van der Waals surface area contributed by atoms with Gasteiger partial charge < -0.3 is 5.73 Å². The van der Waals surface area contributed by atoms with E-state index in [4.69, 9.17) is 5.73 Å². The Morgan fingerprint density at radius 1 is 1.35 bits per heavy atom. The van der Waals surface area contributed by atoms with E-state index in [0.29, 0.717) is 6.04 Å². The molecule has 2 nitrogen and oxygen atoms in total. The lowest BCUT2D eigenvalue weighted by Crippen LogP contribution is -2.43. The molecule has 1 aliphatic carbocycles. The van der Waals surface area contributed by atoms with Crippen LogP contribution in [0.25, 0.3) is 0 Å². The van der Waals surface area contributed by atoms with E-state index >= 15 is 0 Å². The van der Waals surface area contributed by atoms with Gasteiger partial charge in [-0.25, -0.2) is 0 Å². The van der Waals surface area contributed by atoms with Gasteiger partial charge in [-0.15, -0.1) is 0 Å². The highest BCUT2D eigenvalue weighted by atomic mass is 79.9. The number of nitrogens with two attached hydrogens (primary N) is 1. The molecule has 1 aromatic rings. The quantitative estimate of drug-likeness (QED) is 0.800. The predicted octanol–water partition coefficient (Wildman–Crippen LogP) is 4.35. The van der Waals surface area contributed by atoms with Gasteiger partial charge in [0, 0.05) is 23.1 Å². The normalized spacial score (nSPS) is 18.9. The van der Waals surface area contributed by atoms with Gasteiger partial charge in [-0.05, 0) is 49.4 Å². The summed E-state index contributed by atoms with van der Waals surface area (Å²) in [5.41, 5.74) is 7.80. The number of halogens is 1. The van der Waals surface area contributed by atoms with Gasteiger partial charge in [0.05, 0.1) is 0 Å². The fourth-order valence-electron chi connectivity index (χ4n) is 3.09. The van der Waals surface area contributed by atoms with Crippen molar-refractivity contribution in [3.63, 3.8) is 0 Å². The Hall–Kier alpha value is -0.380. The average molecular weight is 339 g/mol. The van der Waals surface area contributed by atoms with Crippen molar-refractivity contribution in [2.45, 2.75) is 51.6 Å². The van der Waals surface area contributed by atoms with E-state index in [1.807, 2.05) is 0 Å². The van der Waals surface area contributed by atoms with E-state index in [1.165, 1.54) is 31.4 Å². The Morgan fingerprint density at radius 2 is 2.10 bits per heavy atom. The van der Waals surface area contributed by atoms with E-state index in [-0.39, 0.29) is 6.04 Å². The molecule has 0 radical (unpaired) electrons. The third-order valence-corrected chi connectivity index (χ3v) is 5.08. The monoisotopic (exact) mass is 338 g/mol. The molecule has 0 aliphatic heterocycles. The Morgan fingerprint density at radius 3 is 2.60 bits per heavy atom. The topological polar surface area (TPSA) is 29.3 Å². The molecule has 0 spiro atoms. The summed E-state index contributed by atoms with van der Waals surface area (Å²) in [5, 5.41) is 0. The number of hydrogen-bond acceptors (Lipinski definition) is 2. The summed E-state index contributed by atoms with van der Waals surface area (Å²) >= 11 is 3.59. The van der Waals surface area contributed by atoms with Crippen LogP contribution >= 0.6 is 15.9 Å². The standard InChI is InChI=1S/C17H27BrN2/c1-3-16(19)17(14-9-6-10-15(18)11-14)20(4-2)12-13-7-5-8-13/h6,9-11,13,16-17H,3-5,7-8,12,19H2,1-2H3. The lowest BCUT2D eigenvalue weighted by molar-refractivity contribution is 0.121.